The predicted octanol–water partition coefficient (Wildman–Crippen LogP) is 3.52. The van der Waals surface area contributed by atoms with E-state index in [1.807, 2.05) is 55.5 Å². The number of nitrogens with one attached hydrogen (secondary N) is 2. The van der Waals surface area contributed by atoms with Gasteiger partial charge in [0.05, 0.1) is 18.7 Å². The third-order valence-electron chi connectivity index (χ3n) is 4.41. The molecule has 1 amide bonds. The van der Waals surface area contributed by atoms with Crippen LogP contribution in [0.2, 0.25) is 0 Å². The number of carbonyl (C=O) groups is 2. The Morgan fingerprint density at radius 1 is 1.11 bits per heavy atom. The fourth-order valence-electron chi connectivity index (χ4n) is 3.13. The van der Waals surface area contributed by atoms with Crippen LogP contribution < -0.4 is 10.1 Å². The van der Waals surface area contributed by atoms with Crippen molar-refractivity contribution in [3.63, 3.8) is 0 Å². The van der Waals surface area contributed by atoms with Crippen LogP contribution in [0, 0.1) is 6.92 Å². The molecule has 1 unspecified atom stereocenters. The number of rotatable bonds is 6. The van der Waals surface area contributed by atoms with Gasteiger partial charge in [-0.3, -0.25) is 4.79 Å². The number of hydrogen-bond acceptors (Lipinski definition) is 4. The average Bonchev–Trinajstić information content (AvgIpc) is 3.01. The quantitative estimate of drug-likeness (QED) is 0.654. The lowest BCUT2D eigenvalue weighted by Crippen LogP contribution is -2.31. The first-order valence-corrected chi connectivity index (χ1v) is 8.68. The minimum absolute atomic E-state index is 0.276. The average molecular weight is 366 g/mol. The minimum Gasteiger partial charge on any atom is -0.496 e. The number of methoxy groups -OCH3 is 1. The van der Waals surface area contributed by atoms with Gasteiger partial charge < -0.3 is 19.8 Å². The lowest BCUT2D eigenvalue weighted by atomic mass is 10.1. The molecule has 3 aromatic rings. The SMILES string of the molecule is COc1ccccc1C(C)NC(=O)COC(=O)c1c(C)[nH]c2ccccc12. The van der Waals surface area contributed by atoms with E-state index in [4.69, 9.17) is 9.47 Å². The number of aryl methyl sites for hydroxylation is 1. The van der Waals surface area contributed by atoms with Gasteiger partial charge in [0, 0.05) is 22.2 Å². The van der Waals surface area contributed by atoms with Crippen LogP contribution in [0.25, 0.3) is 10.9 Å². The molecule has 0 saturated carbocycles. The largest absolute Gasteiger partial charge is 0.496 e. The standard InChI is InChI=1S/C21H22N2O4/c1-13(15-8-5-7-11-18(15)26-3)23-19(24)12-27-21(25)20-14(2)22-17-10-6-4-9-16(17)20/h4-11,13,22H,12H2,1-3H3,(H,23,24). The molecule has 0 aliphatic rings. The molecule has 0 aliphatic carbocycles. The first-order chi connectivity index (χ1) is 13.0. The van der Waals surface area contributed by atoms with Crippen molar-refractivity contribution in [3.05, 3.63) is 65.4 Å². The summed E-state index contributed by atoms with van der Waals surface area (Å²) in [4.78, 5) is 27.8. The van der Waals surface area contributed by atoms with E-state index < -0.39 is 5.97 Å². The molecule has 2 aromatic carbocycles. The number of amides is 1. The maximum atomic E-state index is 12.5. The smallest absolute Gasteiger partial charge is 0.341 e. The highest BCUT2D eigenvalue weighted by atomic mass is 16.5. The molecular formula is C21H22N2O4. The maximum absolute atomic E-state index is 12.5. The zero-order valence-corrected chi connectivity index (χ0v) is 15.5. The van der Waals surface area contributed by atoms with E-state index in [9.17, 15) is 9.59 Å². The normalized spacial score (nSPS) is 11.8. The Hall–Kier alpha value is -3.28. The molecule has 6 heteroatoms. The van der Waals surface area contributed by atoms with Gasteiger partial charge >= 0.3 is 5.97 Å². The molecule has 3 rings (SSSR count). The first-order valence-electron chi connectivity index (χ1n) is 8.68. The van der Waals surface area contributed by atoms with E-state index in [0.717, 1.165) is 16.5 Å². The second-order valence-corrected chi connectivity index (χ2v) is 6.28. The number of aromatic amines is 1. The van der Waals surface area contributed by atoms with Crippen molar-refractivity contribution in [3.8, 4) is 5.75 Å². The molecule has 27 heavy (non-hydrogen) atoms. The molecule has 0 spiro atoms. The lowest BCUT2D eigenvalue weighted by molar-refractivity contribution is -0.124. The third-order valence-corrected chi connectivity index (χ3v) is 4.41. The number of carbonyl (C=O) groups excluding carboxylic acids is 2. The highest BCUT2D eigenvalue weighted by molar-refractivity contribution is 6.06. The van der Waals surface area contributed by atoms with Gasteiger partial charge in [-0.25, -0.2) is 4.79 Å². The summed E-state index contributed by atoms with van der Waals surface area (Å²) < 4.78 is 10.5. The van der Waals surface area contributed by atoms with Crippen molar-refractivity contribution < 1.29 is 19.1 Å². The first kappa shape index (κ1) is 18.5. The number of H-pyrrole nitrogens is 1. The van der Waals surface area contributed by atoms with Crippen molar-refractivity contribution in [2.45, 2.75) is 19.9 Å². The maximum Gasteiger partial charge on any atom is 0.341 e. The summed E-state index contributed by atoms with van der Waals surface area (Å²) in [7, 11) is 1.58. The number of hydrogen-bond donors (Lipinski definition) is 2. The molecule has 1 heterocycles. The topological polar surface area (TPSA) is 80.4 Å². The minimum atomic E-state index is -0.523. The van der Waals surface area contributed by atoms with Crippen LogP contribution in [0.15, 0.2) is 48.5 Å². The Kier molecular flexibility index (Phi) is 5.45. The summed E-state index contributed by atoms with van der Waals surface area (Å²) >= 11 is 0. The fourth-order valence-corrected chi connectivity index (χ4v) is 3.13. The van der Waals surface area contributed by atoms with Crippen LogP contribution in [0.5, 0.6) is 5.75 Å². The van der Waals surface area contributed by atoms with Crippen LogP contribution >= 0.6 is 0 Å². The third kappa shape index (κ3) is 3.95. The number of esters is 1. The van der Waals surface area contributed by atoms with Gasteiger partial charge in [-0.05, 0) is 26.0 Å². The Morgan fingerprint density at radius 2 is 1.81 bits per heavy atom. The van der Waals surface area contributed by atoms with E-state index in [1.165, 1.54) is 0 Å². The Labute approximate surface area is 157 Å². The Morgan fingerprint density at radius 3 is 2.59 bits per heavy atom. The fraction of sp³-hybridized carbons (Fsp3) is 0.238. The zero-order chi connectivity index (χ0) is 19.4. The Balaban J connectivity index is 1.63. The van der Waals surface area contributed by atoms with E-state index in [-0.39, 0.29) is 18.6 Å². The molecular weight excluding hydrogens is 344 g/mol. The molecule has 140 valence electrons. The van der Waals surface area contributed by atoms with Crippen molar-refractivity contribution in [2.24, 2.45) is 0 Å². The molecule has 1 aromatic heterocycles. The lowest BCUT2D eigenvalue weighted by Gasteiger charge is -2.17. The van der Waals surface area contributed by atoms with Crippen molar-refractivity contribution in [1.82, 2.24) is 10.3 Å². The van der Waals surface area contributed by atoms with Gasteiger partial charge in [-0.15, -0.1) is 0 Å². The molecule has 0 radical (unpaired) electrons. The van der Waals surface area contributed by atoms with Gasteiger partial charge in [0.1, 0.15) is 5.75 Å². The molecule has 0 bridgehead atoms. The van der Waals surface area contributed by atoms with Gasteiger partial charge in [0.15, 0.2) is 6.61 Å². The molecule has 0 aliphatic heterocycles. The summed E-state index contributed by atoms with van der Waals surface area (Å²) in [5.41, 5.74) is 2.88. The van der Waals surface area contributed by atoms with Crippen LogP contribution in [0.4, 0.5) is 0 Å². The number of aromatic nitrogens is 1. The van der Waals surface area contributed by atoms with Crippen molar-refractivity contribution in [1.29, 1.82) is 0 Å². The molecule has 6 nitrogen and oxygen atoms in total. The number of ether oxygens (including phenoxy) is 2. The summed E-state index contributed by atoms with van der Waals surface area (Å²) in [6, 6.07) is 14.7. The highest BCUT2D eigenvalue weighted by Crippen LogP contribution is 2.24. The van der Waals surface area contributed by atoms with E-state index in [2.05, 4.69) is 10.3 Å². The van der Waals surface area contributed by atoms with E-state index in [1.54, 1.807) is 14.0 Å². The molecule has 0 fully saturated rings. The summed E-state index contributed by atoms with van der Waals surface area (Å²) in [5.74, 6) is -0.207. The molecule has 0 saturated heterocycles. The highest BCUT2D eigenvalue weighted by Gasteiger charge is 2.19. The van der Waals surface area contributed by atoms with Crippen LogP contribution in [-0.4, -0.2) is 30.6 Å². The van der Waals surface area contributed by atoms with E-state index in [0.29, 0.717) is 17.0 Å². The summed E-state index contributed by atoms with van der Waals surface area (Å²) in [5, 5.41) is 3.60. The molecule has 1 atom stereocenters. The number of benzene rings is 2. The second kappa shape index (κ2) is 7.95. The van der Waals surface area contributed by atoms with Crippen LogP contribution in [0.1, 0.15) is 34.6 Å². The number of fused-ring (bicyclic) bond motifs is 1. The number of para-hydroxylation sites is 2. The van der Waals surface area contributed by atoms with Crippen molar-refractivity contribution in [2.75, 3.05) is 13.7 Å². The van der Waals surface area contributed by atoms with Crippen LogP contribution in [-0.2, 0) is 9.53 Å². The van der Waals surface area contributed by atoms with Gasteiger partial charge in [0.2, 0.25) is 0 Å². The van der Waals surface area contributed by atoms with Gasteiger partial charge in [-0.2, -0.15) is 0 Å². The molecule has 2 N–H and O–H groups in total. The van der Waals surface area contributed by atoms with Gasteiger partial charge in [-0.1, -0.05) is 36.4 Å². The summed E-state index contributed by atoms with van der Waals surface area (Å²) in [6.45, 7) is 3.30. The van der Waals surface area contributed by atoms with E-state index >= 15 is 0 Å². The predicted molar refractivity (Wildman–Crippen MR) is 103 cm³/mol. The van der Waals surface area contributed by atoms with Crippen LogP contribution in [0.3, 0.4) is 0 Å². The summed E-state index contributed by atoms with van der Waals surface area (Å²) in [6.07, 6.45) is 0. The zero-order valence-electron chi connectivity index (χ0n) is 15.5. The second-order valence-electron chi connectivity index (χ2n) is 6.28. The monoisotopic (exact) mass is 366 g/mol. The Bertz CT molecular complexity index is 977. The van der Waals surface area contributed by atoms with Gasteiger partial charge in [0.25, 0.3) is 5.91 Å². The van der Waals surface area contributed by atoms with Crippen molar-refractivity contribution >= 4 is 22.8 Å².